The van der Waals surface area contributed by atoms with Crippen molar-refractivity contribution in [2.24, 2.45) is 5.73 Å². The highest BCUT2D eigenvalue weighted by atomic mass is 35.5. The van der Waals surface area contributed by atoms with Crippen molar-refractivity contribution in [3.8, 4) is 0 Å². The summed E-state index contributed by atoms with van der Waals surface area (Å²) in [5.74, 6) is 0. The number of halogens is 1. The van der Waals surface area contributed by atoms with Gasteiger partial charge in [-0.05, 0) is 38.7 Å². The van der Waals surface area contributed by atoms with E-state index in [2.05, 4.69) is 11.0 Å². The van der Waals surface area contributed by atoms with Gasteiger partial charge in [-0.25, -0.2) is 0 Å². The minimum atomic E-state index is 0.693. The Kier molecular flexibility index (Phi) is 4.19. The average Bonchev–Trinajstić information content (AvgIpc) is 2.31. The van der Waals surface area contributed by atoms with Gasteiger partial charge in [0.15, 0.2) is 0 Å². The molecule has 1 heterocycles. The molecule has 0 aromatic carbocycles. The van der Waals surface area contributed by atoms with Gasteiger partial charge in [-0.15, -0.1) is 11.3 Å². The van der Waals surface area contributed by atoms with E-state index in [4.69, 9.17) is 17.3 Å². The molecule has 0 spiro atoms. The predicted octanol–water partition coefficient (Wildman–Crippen LogP) is 1.96. The van der Waals surface area contributed by atoms with E-state index in [0.717, 1.165) is 17.3 Å². The molecule has 0 atom stereocenters. The number of rotatable bonds is 4. The van der Waals surface area contributed by atoms with Crippen LogP contribution in [0.2, 0.25) is 4.34 Å². The Morgan fingerprint density at radius 3 is 2.77 bits per heavy atom. The minimum absolute atomic E-state index is 0.693. The van der Waals surface area contributed by atoms with E-state index in [1.165, 1.54) is 10.4 Å². The Hall–Kier alpha value is -0.0900. The highest BCUT2D eigenvalue weighted by molar-refractivity contribution is 7.16. The summed E-state index contributed by atoms with van der Waals surface area (Å²) in [6.07, 6.45) is 0.928. The summed E-state index contributed by atoms with van der Waals surface area (Å²) < 4.78 is 0.900. The highest BCUT2D eigenvalue weighted by Crippen LogP contribution is 2.28. The smallest absolute Gasteiger partial charge is 0.0976 e. The molecular formula is C9H15ClN2S. The standard InChI is InChI=1S/C9H15ClN2S/c1-12(2)6-7-5-8(3-4-11)13-9(7)10/h5H,3-4,6,11H2,1-2H3. The Bertz CT molecular complexity index is 271. The molecule has 0 fully saturated rings. The van der Waals surface area contributed by atoms with Crippen LogP contribution in [0.5, 0.6) is 0 Å². The predicted molar refractivity (Wildman–Crippen MR) is 59.5 cm³/mol. The summed E-state index contributed by atoms with van der Waals surface area (Å²) in [5, 5.41) is 0. The quantitative estimate of drug-likeness (QED) is 0.838. The van der Waals surface area contributed by atoms with Gasteiger partial charge in [-0.2, -0.15) is 0 Å². The topological polar surface area (TPSA) is 29.3 Å². The van der Waals surface area contributed by atoms with Crippen molar-refractivity contribution >= 4 is 22.9 Å². The van der Waals surface area contributed by atoms with Crippen LogP contribution in [0.1, 0.15) is 10.4 Å². The van der Waals surface area contributed by atoms with E-state index >= 15 is 0 Å². The average molecular weight is 219 g/mol. The Balaban J connectivity index is 2.71. The molecule has 1 aromatic heterocycles. The lowest BCUT2D eigenvalue weighted by atomic mass is 10.2. The third-order valence-corrected chi connectivity index (χ3v) is 3.19. The molecule has 0 unspecified atom stereocenters. The van der Waals surface area contributed by atoms with E-state index in [1.807, 2.05) is 14.1 Å². The monoisotopic (exact) mass is 218 g/mol. The van der Waals surface area contributed by atoms with Crippen molar-refractivity contribution in [3.63, 3.8) is 0 Å². The largest absolute Gasteiger partial charge is 0.330 e. The van der Waals surface area contributed by atoms with Crippen molar-refractivity contribution in [2.75, 3.05) is 20.6 Å². The van der Waals surface area contributed by atoms with E-state index in [1.54, 1.807) is 11.3 Å². The molecule has 0 radical (unpaired) electrons. The van der Waals surface area contributed by atoms with Gasteiger partial charge in [-0.3, -0.25) is 0 Å². The fourth-order valence-electron chi connectivity index (χ4n) is 1.18. The first-order valence-corrected chi connectivity index (χ1v) is 5.45. The van der Waals surface area contributed by atoms with Crippen molar-refractivity contribution in [2.45, 2.75) is 13.0 Å². The number of nitrogens with two attached hydrogens (primary N) is 1. The molecule has 0 saturated heterocycles. The fourth-order valence-corrected chi connectivity index (χ4v) is 2.49. The number of nitrogens with zero attached hydrogens (tertiary/aromatic N) is 1. The SMILES string of the molecule is CN(C)Cc1cc(CCN)sc1Cl. The molecule has 2 nitrogen and oxygen atoms in total. The second-order valence-electron chi connectivity index (χ2n) is 3.29. The van der Waals surface area contributed by atoms with Crippen LogP contribution >= 0.6 is 22.9 Å². The Labute approximate surface area is 88.3 Å². The van der Waals surface area contributed by atoms with Crippen molar-refractivity contribution in [1.82, 2.24) is 4.90 Å². The van der Waals surface area contributed by atoms with Gasteiger partial charge in [0.25, 0.3) is 0 Å². The molecule has 0 aliphatic heterocycles. The first-order valence-electron chi connectivity index (χ1n) is 4.25. The van der Waals surface area contributed by atoms with Crippen LogP contribution in [0.25, 0.3) is 0 Å². The van der Waals surface area contributed by atoms with E-state index < -0.39 is 0 Å². The van der Waals surface area contributed by atoms with Gasteiger partial charge in [-0.1, -0.05) is 11.6 Å². The molecule has 0 aliphatic carbocycles. The van der Waals surface area contributed by atoms with Crippen LogP contribution in [-0.2, 0) is 13.0 Å². The lowest BCUT2D eigenvalue weighted by Gasteiger charge is -2.07. The van der Waals surface area contributed by atoms with Crippen LogP contribution < -0.4 is 5.73 Å². The maximum atomic E-state index is 6.08. The molecule has 4 heteroatoms. The van der Waals surface area contributed by atoms with Gasteiger partial charge < -0.3 is 10.6 Å². The first-order chi connectivity index (χ1) is 6.13. The number of hydrogen-bond donors (Lipinski definition) is 1. The van der Waals surface area contributed by atoms with Crippen LogP contribution in [0.3, 0.4) is 0 Å². The van der Waals surface area contributed by atoms with Crippen molar-refractivity contribution < 1.29 is 0 Å². The third kappa shape index (κ3) is 3.27. The molecular weight excluding hydrogens is 204 g/mol. The molecule has 1 rings (SSSR count). The van der Waals surface area contributed by atoms with Gasteiger partial charge in [0, 0.05) is 11.4 Å². The van der Waals surface area contributed by atoms with E-state index in [0.29, 0.717) is 6.54 Å². The van der Waals surface area contributed by atoms with Gasteiger partial charge >= 0.3 is 0 Å². The second-order valence-corrected chi connectivity index (χ2v) is 5.03. The summed E-state index contributed by atoms with van der Waals surface area (Å²) in [4.78, 5) is 3.39. The summed E-state index contributed by atoms with van der Waals surface area (Å²) in [6, 6.07) is 2.15. The van der Waals surface area contributed by atoms with Crippen molar-refractivity contribution in [3.05, 3.63) is 20.8 Å². The maximum Gasteiger partial charge on any atom is 0.0976 e. The van der Waals surface area contributed by atoms with E-state index in [9.17, 15) is 0 Å². The highest BCUT2D eigenvalue weighted by Gasteiger charge is 2.06. The van der Waals surface area contributed by atoms with E-state index in [-0.39, 0.29) is 0 Å². The molecule has 0 amide bonds. The van der Waals surface area contributed by atoms with Crippen LogP contribution in [0.4, 0.5) is 0 Å². The van der Waals surface area contributed by atoms with Crippen LogP contribution in [0.15, 0.2) is 6.07 Å². The Morgan fingerprint density at radius 2 is 2.23 bits per heavy atom. The third-order valence-electron chi connectivity index (χ3n) is 1.69. The van der Waals surface area contributed by atoms with Gasteiger partial charge in [0.1, 0.15) is 0 Å². The summed E-state index contributed by atoms with van der Waals surface area (Å²) >= 11 is 7.72. The normalized spacial score (nSPS) is 11.2. The number of thiophene rings is 1. The zero-order chi connectivity index (χ0) is 9.84. The summed E-state index contributed by atoms with van der Waals surface area (Å²) in [5.41, 5.74) is 6.68. The zero-order valence-corrected chi connectivity index (χ0v) is 9.58. The minimum Gasteiger partial charge on any atom is -0.330 e. The molecule has 74 valence electrons. The van der Waals surface area contributed by atoms with Crippen LogP contribution in [0, 0.1) is 0 Å². The zero-order valence-electron chi connectivity index (χ0n) is 8.01. The maximum absolute atomic E-state index is 6.08. The van der Waals surface area contributed by atoms with Gasteiger partial charge in [0.2, 0.25) is 0 Å². The molecule has 13 heavy (non-hydrogen) atoms. The van der Waals surface area contributed by atoms with Crippen LogP contribution in [-0.4, -0.2) is 25.5 Å². The van der Waals surface area contributed by atoms with Crippen molar-refractivity contribution in [1.29, 1.82) is 0 Å². The lowest BCUT2D eigenvalue weighted by molar-refractivity contribution is 0.403. The molecule has 2 N–H and O–H groups in total. The fraction of sp³-hybridized carbons (Fsp3) is 0.556. The van der Waals surface area contributed by atoms with Gasteiger partial charge in [0.05, 0.1) is 4.34 Å². The summed E-state index contributed by atoms with van der Waals surface area (Å²) in [7, 11) is 4.08. The number of hydrogen-bond acceptors (Lipinski definition) is 3. The Morgan fingerprint density at radius 1 is 1.54 bits per heavy atom. The molecule has 0 aliphatic rings. The molecule has 0 bridgehead atoms. The first kappa shape index (κ1) is 11.0. The molecule has 0 saturated carbocycles. The molecule has 1 aromatic rings. The lowest BCUT2D eigenvalue weighted by Crippen LogP contribution is -2.10. The summed E-state index contributed by atoms with van der Waals surface area (Å²) in [6.45, 7) is 1.60. The second kappa shape index (κ2) is 4.96.